The first-order valence-electron chi connectivity index (χ1n) is 6.32. The minimum Gasteiger partial charge on any atom is -0.459 e. The molecule has 3 atom stereocenters. The van der Waals surface area contributed by atoms with Crippen LogP contribution in [0.25, 0.3) is 0 Å². The van der Waals surface area contributed by atoms with Crippen LogP contribution < -0.4 is 11.1 Å². The second-order valence-electron chi connectivity index (χ2n) is 5.03. The largest absolute Gasteiger partial charge is 0.459 e. The summed E-state index contributed by atoms with van der Waals surface area (Å²) in [6.45, 7) is 7.13. The van der Waals surface area contributed by atoms with Crippen LogP contribution in [0.2, 0.25) is 0 Å². The Kier molecular flexibility index (Phi) is 5.19. The molecule has 0 bridgehead atoms. The maximum absolute atomic E-state index is 11.5. The molecule has 0 heterocycles. The summed E-state index contributed by atoms with van der Waals surface area (Å²) in [6.07, 6.45) is 3.57. The summed E-state index contributed by atoms with van der Waals surface area (Å²) in [4.78, 5) is 22.3. The van der Waals surface area contributed by atoms with E-state index in [0.717, 1.165) is 25.7 Å². The van der Waals surface area contributed by atoms with Crippen LogP contribution in [0, 0.1) is 5.92 Å². The van der Waals surface area contributed by atoms with Gasteiger partial charge in [0.1, 0.15) is 6.10 Å². The lowest BCUT2D eigenvalue weighted by atomic mass is 9.83. The number of esters is 1. The van der Waals surface area contributed by atoms with Crippen molar-refractivity contribution in [3.05, 3.63) is 12.2 Å². The fraction of sp³-hybridized carbons (Fsp3) is 0.692. The van der Waals surface area contributed by atoms with Crippen LogP contribution in [-0.4, -0.2) is 24.1 Å². The summed E-state index contributed by atoms with van der Waals surface area (Å²) in [6, 6.07) is -0.502. The molecule has 102 valence electrons. The van der Waals surface area contributed by atoms with Gasteiger partial charge in [-0.05, 0) is 45.4 Å². The highest BCUT2D eigenvalue weighted by molar-refractivity contribution is 5.87. The molecule has 3 unspecified atom stereocenters. The summed E-state index contributed by atoms with van der Waals surface area (Å²) in [5.41, 5.74) is 5.53. The van der Waals surface area contributed by atoms with Gasteiger partial charge in [0.25, 0.3) is 0 Å². The zero-order valence-electron chi connectivity index (χ0n) is 11.1. The van der Waals surface area contributed by atoms with Crippen LogP contribution in [0.15, 0.2) is 12.2 Å². The van der Waals surface area contributed by atoms with E-state index >= 15 is 0 Å². The molecule has 2 amide bonds. The second kappa shape index (κ2) is 6.42. The highest BCUT2D eigenvalue weighted by atomic mass is 16.5. The Morgan fingerprint density at radius 3 is 2.67 bits per heavy atom. The molecule has 0 aromatic rings. The van der Waals surface area contributed by atoms with Crippen molar-refractivity contribution < 1.29 is 14.3 Å². The van der Waals surface area contributed by atoms with Crippen molar-refractivity contribution in [2.45, 2.75) is 51.7 Å². The zero-order chi connectivity index (χ0) is 13.7. The molecule has 1 rings (SSSR count). The zero-order valence-corrected chi connectivity index (χ0v) is 11.1. The number of hydrogen-bond acceptors (Lipinski definition) is 3. The maximum Gasteiger partial charge on any atom is 0.333 e. The second-order valence-corrected chi connectivity index (χ2v) is 5.03. The monoisotopic (exact) mass is 254 g/mol. The van der Waals surface area contributed by atoms with Crippen molar-refractivity contribution in [3.8, 4) is 0 Å². The molecule has 1 aliphatic carbocycles. The number of nitrogens with one attached hydrogen (secondary N) is 1. The summed E-state index contributed by atoms with van der Waals surface area (Å²) in [5.74, 6) is -0.0367. The van der Waals surface area contributed by atoms with Crippen LogP contribution in [0.4, 0.5) is 4.79 Å². The number of hydrogen-bond donors (Lipinski definition) is 2. The third kappa shape index (κ3) is 4.39. The van der Waals surface area contributed by atoms with Gasteiger partial charge >= 0.3 is 12.0 Å². The van der Waals surface area contributed by atoms with E-state index in [9.17, 15) is 9.59 Å². The first-order valence-corrected chi connectivity index (χ1v) is 6.32. The lowest BCUT2D eigenvalue weighted by molar-refractivity contribution is -0.146. The number of primary amides is 1. The normalized spacial score (nSPS) is 25.0. The van der Waals surface area contributed by atoms with E-state index in [1.807, 2.05) is 6.92 Å². The minimum atomic E-state index is -0.511. The number of ether oxygens (including phenoxy) is 1. The van der Waals surface area contributed by atoms with Gasteiger partial charge in [0.15, 0.2) is 0 Å². The van der Waals surface area contributed by atoms with E-state index < -0.39 is 6.03 Å². The van der Waals surface area contributed by atoms with Crippen molar-refractivity contribution in [2.24, 2.45) is 11.7 Å². The Morgan fingerprint density at radius 2 is 2.11 bits per heavy atom. The van der Waals surface area contributed by atoms with E-state index in [0.29, 0.717) is 11.5 Å². The van der Waals surface area contributed by atoms with E-state index in [4.69, 9.17) is 10.5 Å². The first-order chi connectivity index (χ1) is 8.40. The van der Waals surface area contributed by atoms with E-state index in [1.165, 1.54) is 0 Å². The summed E-state index contributed by atoms with van der Waals surface area (Å²) >= 11 is 0. The Labute approximate surface area is 108 Å². The summed E-state index contributed by atoms with van der Waals surface area (Å²) < 4.78 is 5.36. The van der Waals surface area contributed by atoms with Crippen LogP contribution >= 0.6 is 0 Å². The molecule has 3 N–H and O–H groups in total. The molecule has 1 aliphatic rings. The number of urea groups is 1. The van der Waals surface area contributed by atoms with E-state index in [2.05, 4.69) is 11.9 Å². The number of carbonyl (C=O) groups is 2. The summed E-state index contributed by atoms with van der Waals surface area (Å²) in [7, 11) is 0. The molecular weight excluding hydrogens is 232 g/mol. The standard InChI is InChI=1S/C13H22N2O3/c1-8(2)12(16)18-11-6-4-5-10(7-11)9(3)15-13(14)17/h9-11H,1,4-7H2,2-3H3,(H3,14,15,17). The van der Waals surface area contributed by atoms with Crippen molar-refractivity contribution in [1.29, 1.82) is 0 Å². The Bertz CT molecular complexity index is 341. The van der Waals surface area contributed by atoms with Gasteiger partial charge in [0.2, 0.25) is 0 Å². The average Bonchev–Trinajstić information content (AvgIpc) is 2.28. The predicted octanol–water partition coefficient (Wildman–Crippen LogP) is 1.72. The SMILES string of the molecule is C=C(C)C(=O)OC1CCCC(C(C)NC(N)=O)C1. The molecule has 0 saturated heterocycles. The maximum atomic E-state index is 11.5. The van der Waals surface area contributed by atoms with Gasteiger partial charge < -0.3 is 15.8 Å². The number of rotatable bonds is 4. The lowest BCUT2D eigenvalue weighted by Crippen LogP contribution is -2.43. The Hall–Kier alpha value is -1.52. The molecule has 18 heavy (non-hydrogen) atoms. The summed E-state index contributed by atoms with van der Waals surface area (Å²) in [5, 5.41) is 2.69. The highest BCUT2D eigenvalue weighted by Crippen LogP contribution is 2.29. The molecule has 0 aromatic heterocycles. The van der Waals surface area contributed by atoms with Gasteiger partial charge in [0.05, 0.1) is 0 Å². The minimum absolute atomic E-state index is 0.00818. The molecule has 5 heteroatoms. The van der Waals surface area contributed by atoms with Crippen LogP contribution in [-0.2, 0) is 9.53 Å². The molecular formula is C13H22N2O3. The van der Waals surface area contributed by atoms with Gasteiger partial charge in [-0.3, -0.25) is 0 Å². The molecule has 0 spiro atoms. The Balaban J connectivity index is 2.47. The third-order valence-corrected chi connectivity index (χ3v) is 3.37. The number of nitrogens with two attached hydrogens (primary N) is 1. The number of amides is 2. The van der Waals surface area contributed by atoms with Crippen LogP contribution in [0.3, 0.4) is 0 Å². The van der Waals surface area contributed by atoms with Crippen molar-refractivity contribution in [3.63, 3.8) is 0 Å². The molecule has 0 aliphatic heterocycles. The third-order valence-electron chi connectivity index (χ3n) is 3.37. The molecule has 1 fully saturated rings. The van der Waals surface area contributed by atoms with Gasteiger partial charge in [-0.1, -0.05) is 6.58 Å². The quantitative estimate of drug-likeness (QED) is 0.592. The van der Waals surface area contributed by atoms with Gasteiger partial charge in [0, 0.05) is 11.6 Å². The molecule has 5 nitrogen and oxygen atoms in total. The highest BCUT2D eigenvalue weighted by Gasteiger charge is 2.28. The van der Waals surface area contributed by atoms with Gasteiger partial charge in [-0.15, -0.1) is 0 Å². The fourth-order valence-electron chi connectivity index (χ4n) is 2.34. The smallest absolute Gasteiger partial charge is 0.333 e. The predicted molar refractivity (Wildman–Crippen MR) is 68.8 cm³/mol. The van der Waals surface area contributed by atoms with Crippen molar-refractivity contribution in [2.75, 3.05) is 0 Å². The van der Waals surface area contributed by atoms with Gasteiger partial charge in [-0.2, -0.15) is 0 Å². The topological polar surface area (TPSA) is 81.4 Å². The lowest BCUT2D eigenvalue weighted by Gasteiger charge is -2.32. The van der Waals surface area contributed by atoms with E-state index in [-0.39, 0.29) is 18.1 Å². The van der Waals surface area contributed by atoms with Gasteiger partial charge in [-0.25, -0.2) is 9.59 Å². The van der Waals surface area contributed by atoms with Crippen LogP contribution in [0.1, 0.15) is 39.5 Å². The fourth-order valence-corrected chi connectivity index (χ4v) is 2.34. The Morgan fingerprint density at radius 1 is 1.44 bits per heavy atom. The van der Waals surface area contributed by atoms with Crippen molar-refractivity contribution >= 4 is 12.0 Å². The number of carbonyl (C=O) groups excluding carboxylic acids is 2. The molecule has 0 radical (unpaired) electrons. The van der Waals surface area contributed by atoms with Crippen LogP contribution in [0.5, 0.6) is 0 Å². The molecule has 0 aromatic carbocycles. The van der Waals surface area contributed by atoms with Crippen molar-refractivity contribution in [1.82, 2.24) is 5.32 Å². The molecule has 1 saturated carbocycles. The van der Waals surface area contributed by atoms with E-state index in [1.54, 1.807) is 6.92 Å². The first kappa shape index (κ1) is 14.5. The average molecular weight is 254 g/mol.